The van der Waals surface area contributed by atoms with Crippen molar-refractivity contribution in [1.82, 2.24) is 14.5 Å². The van der Waals surface area contributed by atoms with Crippen molar-refractivity contribution >= 4 is 21.6 Å². The van der Waals surface area contributed by atoms with E-state index in [9.17, 15) is 27.2 Å². The normalized spacial score (nSPS) is 11.3. The Kier molecular flexibility index (Phi) is 7.87. The number of benzene rings is 2. The summed E-state index contributed by atoms with van der Waals surface area (Å²) in [6, 6.07) is 13.6. The van der Waals surface area contributed by atoms with Crippen LogP contribution in [-0.4, -0.2) is 49.4 Å². The number of aromatic amines is 1. The summed E-state index contributed by atoms with van der Waals surface area (Å²) in [6.07, 6.45) is 1.09. The van der Waals surface area contributed by atoms with Crippen LogP contribution in [0.1, 0.15) is 11.1 Å². The Morgan fingerprint density at radius 1 is 1.03 bits per heavy atom. The second-order valence-corrected chi connectivity index (χ2v) is 9.74. The second-order valence-electron chi connectivity index (χ2n) is 8.18. The fraction of sp³-hybridized carbons (Fsp3) is 0.261. The molecule has 0 aliphatic heterocycles. The van der Waals surface area contributed by atoms with Crippen LogP contribution in [0.25, 0.3) is 0 Å². The van der Waals surface area contributed by atoms with E-state index in [2.05, 4.69) is 0 Å². The Hall–Kier alpha value is -3.77. The first-order chi connectivity index (χ1) is 16.4. The molecule has 3 aromatic rings. The highest BCUT2D eigenvalue weighted by Gasteiger charge is 2.17. The van der Waals surface area contributed by atoms with Gasteiger partial charge < -0.3 is 9.80 Å². The second kappa shape index (κ2) is 10.7. The number of H-pyrrole nitrogens is 1. The largest absolute Gasteiger partial charge is 0.378 e. The average molecular weight is 504 g/mol. The van der Waals surface area contributed by atoms with Crippen molar-refractivity contribution in [2.24, 2.45) is 5.14 Å². The van der Waals surface area contributed by atoms with Crippen LogP contribution < -0.4 is 21.3 Å². The van der Waals surface area contributed by atoms with Crippen molar-refractivity contribution < 1.29 is 17.6 Å². The number of carbonyl (C=O) groups is 1. The van der Waals surface area contributed by atoms with Crippen molar-refractivity contribution in [3.8, 4) is 0 Å². The van der Waals surface area contributed by atoms with Gasteiger partial charge in [-0.25, -0.2) is 18.4 Å². The number of nitrogens with zero attached hydrogens (tertiary/aromatic N) is 3. The molecule has 3 rings (SSSR count). The van der Waals surface area contributed by atoms with E-state index in [0.717, 1.165) is 21.4 Å². The molecule has 0 aliphatic rings. The number of nitrogens with two attached hydrogens (primary N) is 1. The standard InChI is InChI=1S/C23H26FN5O5S/c1-27(2)18-7-3-17(4-8-18)13-28(12-11-16-5-9-19(10-6-16)35(25,33)34)21(30)15-29-14-20(24)22(31)26-23(29)32/h3-10,14H,11-13,15H2,1-2H3,(H2,25,33,34)(H,26,31,32). The number of primary sulfonamides is 1. The van der Waals surface area contributed by atoms with Gasteiger partial charge in [0.2, 0.25) is 21.7 Å². The molecule has 0 radical (unpaired) electrons. The van der Waals surface area contributed by atoms with E-state index in [1.54, 1.807) is 12.1 Å². The molecule has 0 spiro atoms. The molecule has 0 saturated heterocycles. The minimum atomic E-state index is -3.82. The maximum atomic E-state index is 13.7. The molecule has 0 bridgehead atoms. The molecular weight excluding hydrogens is 477 g/mol. The van der Waals surface area contributed by atoms with Crippen LogP contribution in [0.15, 0.2) is 69.2 Å². The van der Waals surface area contributed by atoms with Crippen molar-refractivity contribution in [2.75, 3.05) is 25.5 Å². The van der Waals surface area contributed by atoms with Gasteiger partial charge in [0.1, 0.15) is 6.54 Å². The number of carbonyl (C=O) groups excluding carboxylic acids is 1. The molecule has 3 N–H and O–H groups in total. The first-order valence-corrected chi connectivity index (χ1v) is 12.1. The molecule has 0 aliphatic carbocycles. The van der Waals surface area contributed by atoms with E-state index in [-0.39, 0.29) is 18.0 Å². The molecule has 1 amide bonds. The molecule has 186 valence electrons. The summed E-state index contributed by atoms with van der Waals surface area (Å²) in [6.45, 7) is -0.00136. The summed E-state index contributed by atoms with van der Waals surface area (Å²) < 4.78 is 37.4. The number of nitrogens with one attached hydrogen (secondary N) is 1. The minimum Gasteiger partial charge on any atom is -0.378 e. The molecule has 0 unspecified atom stereocenters. The molecular formula is C23H26FN5O5S. The zero-order valence-corrected chi connectivity index (χ0v) is 20.1. The Balaban J connectivity index is 1.81. The van der Waals surface area contributed by atoms with Gasteiger partial charge in [-0.15, -0.1) is 0 Å². The Bertz CT molecular complexity index is 1410. The van der Waals surface area contributed by atoms with E-state index >= 15 is 0 Å². The average Bonchev–Trinajstić information content (AvgIpc) is 2.80. The highest BCUT2D eigenvalue weighted by Crippen LogP contribution is 2.15. The molecule has 12 heteroatoms. The first kappa shape index (κ1) is 25.8. The van der Waals surface area contributed by atoms with Gasteiger partial charge in [0, 0.05) is 32.9 Å². The molecule has 10 nitrogen and oxygen atoms in total. The Morgan fingerprint density at radius 2 is 1.63 bits per heavy atom. The SMILES string of the molecule is CN(C)c1ccc(CN(CCc2ccc(S(N)(=O)=O)cc2)C(=O)Cn2cc(F)c(=O)[nH]c2=O)cc1. The van der Waals surface area contributed by atoms with Gasteiger partial charge >= 0.3 is 5.69 Å². The number of aromatic nitrogens is 2. The van der Waals surface area contributed by atoms with E-state index in [4.69, 9.17) is 5.14 Å². The number of hydrogen-bond acceptors (Lipinski definition) is 6. The molecule has 1 heterocycles. The summed E-state index contributed by atoms with van der Waals surface area (Å²) >= 11 is 0. The third kappa shape index (κ3) is 6.87. The van der Waals surface area contributed by atoms with Gasteiger partial charge in [-0.3, -0.25) is 19.1 Å². The van der Waals surface area contributed by atoms with Gasteiger partial charge in [0.15, 0.2) is 0 Å². The zero-order valence-electron chi connectivity index (χ0n) is 19.3. The number of rotatable bonds is 9. The number of anilines is 1. The van der Waals surface area contributed by atoms with Gasteiger partial charge in [-0.1, -0.05) is 24.3 Å². The number of halogens is 1. The lowest BCUT2D eigenvalue weighted by molar-refractivity contribution is -0.132. The summed E-state index contributed by atoms with van der Waals surface area (Å²) in [5, 5.41) is 5.13. The zero-order chi connectivity index (χ0) is 25.8. The molecule has 0 fully saturated rings. The fourth-order valence-corrected chi connectivity index (χ4v) is 3.88. The predicted octanol–water partition coefficient (Wildman–Crippen LogP) is 0.661. The third-order valence-electron chi connectivity index (χ3n) is 5.37. The number of amides is 1. The Morgan fingerprint density at radius 3 is 2.20 bits per heavy atom. The first-order valence-electron chi connectivity index (χ1n) is 10.6. The molecule has 35 heavy (non-hydrogen) atoms. The van der Waals surface area contributed by atoms with Crippen LogP contribution in [0, 0.1) is 5.82 Å². The van der Waals surface area contributed by atoms with Crippen LogP contribution in [0.3, 0.4) is 0 Å². The van der Waals surface area contributed by atoms with Crippen molar-refractivity contribution in [3.05, 3.63) is 92.5 Å². The lowest BCUT2D eigenvalue weighted by Gasteiger charge is -2.24. The van der Waals surface area contributed by atoms with Crippen LogP contribution in [0.4, 0.5) is 10.1 Å². The van der Waals surface area contributed by atoms with Crippen LogP contribution in [-0.2, 0) is 34.3 Å². The predicted molar refractivity (Wildman–Crippen MR) is 129 cm³/mol. The molecule has 2 aromatic carbocycles. The maximum absolute atomic E-state index is 13.7. The van der Waals surface area contributed by atoms with E-state index in [1.165, 1.54) is 17.0 Å². The highest BCUT2D eigenvalue weighted by molar-refractivity contribution is 7.89. The van der Waals surface area contributed by atoms with Gasteiger partial charge in [-0.05, 0) is 41.8 Å². The lowest BCUT2D eigenvalue weighted by Crippen LogP contribution is -2.39. The van der Waals surface area contributed by atoms with Gasteiger partial charge in [-0.2, -0.15) is 4.39 Å². The molecule has 0 saturated carbocycles. The van der Waals surface area contributed by atoms with E-state index in [0.29, 0.717) is 12.6 Å². The van der Waals surface area contributed by atoms with Gasteiger partial charge in [0.05, 0.1) is 11.1 Å². The Labute approximate surface area is 201 Å². The molecule has 0 atom stereocenters. The maximum Gasteiger partial charge on any atom is 0.328 e. The smallest absolute Gasteiger partial charge is 0.328 e. The van der Waals surface area contributed by atoms with Crippen molar-refractivity contribution in [3.63, 3.8) is 0 Å². The topological polar surface area (TPSA) is 139 Å². The summed E-state index contributed by atoms with van der Waals surface area (Å²) in [4.78, 5) is 41.7. The highest BCUT2D eigenvalue weighted by atomic mass is 32.2. The van der Waals surface area contributed by atoms with Crippen molar-refractivity contribution in [2.45, 2.75) is 24.4 Å². The van der Waals surface area contributed by atoms with Crippen LogP contribution in [0.2, 0.25) is 0 Å². The summed E-state index contributed by atoms with van der Waals surface area (Å²) in [5.74, 6) is -1.63. The van der Waals surface area contributed by atoms with Crippen molar-refractivity contribution in [1.29, 1.82) is 0 Å². The van der Waals surface area contributed by atoms with Crippen LogP contribution in [0.5, 0.6) is 0 Å². The molecule has 1 aromatic heterocycles. The number of sulfonamides is 1. The quantitative estimate of drug-likeness (QED) is 0.440. The third-order valence-corrected chi connectivity index (χ3v) is 6.30. The van der Waals surface area contributed by atoms with Gasteiger partial charge in [0.25, 0.3) is 5.56 Å². The fourth-order valence-electron chi connectivity index (χ4n) is 3.37. The minimum absolute atomic E-state index is 0.0189. The summed E-state index contributed by atoms with van der Waals surface area (Å²) in [5.41, 5.74) is 0.550. The number of hydrogen-bond donors (Lipinski definition) is 2. The van der Waals surface area contributed by atoms with Crippen LogP contribution >= 0.6 is 0 Å². The lowest BCUT2D eigenvalue weighted by atomic mass is 10.1. The monoisotopic (exact) mass is 503 g/mol. The van der Waals surface area contributed by atoms with E-state index in [1.807, 2.05) is 48.2 Å². The summed E-state index contributed by atoms with van der Waals surface area (Å²) in [7, 11) is 0.00339. The van der Waals surface area contributed by atoms with E-state index < -0.39 is 39.5 Å².